The second kappa shape index (κ2) is 4.34. The van der Waals surface area contributed by atoms with E-state index in [0.717, 1.165) is 0 Å². The first-order valence-electron chi connectivity index (χ1n) is 3.65. The van der Waals surface area contributed by atoms with Crippen molar-refractivity contribution in [2.24, 2.45) is 0 Å². The minimum absolute atomic E-state index is 0.490. The molecule has 0 spiro atoms. The lowest BCUT2D eigenvalue weighted by Gasteiger charge is -2.07. The fraction of sp³-hybridized carbons (Fsp3) is 0.250. The summed E-state index contributed by atoms with van der Waals surface area (Å²) in [6.45, 7) is -0.490. The molecule has 1 rings (SSSR count). The number of nitrogens with zero attached hydrogens (tertiary/aromatic N) is 1. The lowest BCUT2D eigenvalue weighted by molar-refractivity contribution is -0.532. The predicted molar refractivity (Wildman–Crippen MR) is 51.0 cm³/mol. The van der Waals surface area contributed by atoms with Gasteiger partial charge in [-0.1, -0.05) is 34.1 Å². The van der Waals surface area contributed by atoms with Crippen LogP contribution >= 0.6 is 15.9 Å². The van der Waals surface area contributed by atoms with Crippen LogP contribution in [0.4, 0.5) is 0 Å². The molecule has 0 aliphatic carbocycles. The molecule has 1 N–H and O–H groups in total. The molecule has 0 aromatic heterocycles. The summed E-state index contributed by atoms with van der Waals surface area (Å²) in [6, 6.07) is 5.75. The number of aliphatic hydroxyl groups excluding tert-OH is 1. The smallest absolute Gasteiger partial charge is 0.261 e. The Morgan fingerprint density at radius 2 is 2.15 bits per heavy atom. The second-order valence-electron chi connectivity index (χ2n) is 2.51. The van der Waals surface area contributed by atoms with Crippen molar-refractivity contribution in [2.45, 2.75) is 6.04 Å². The zero-order chi connectivity index (χ0) is 9.84. The molecule has 1 unspecified atom stereocenters. The standard InChI is InChI=1S/C8H8BrNO3/c9-7-4-2-1-3-6(7)8(5-11)10(12)13/h1-4,8,11H,5H2. The maximum Gasteiger partial charge on any atom is 0.261 e. The highest BCUT2D eigenvalue weighted by Gasteiger charge is 2.23. The third kappa shape index (κ3) is 2.26. The van der Waals surface area contributed by atoms with Gasteiger partial charge in [0.15, 0.2) is 0 Å². The summed E-state index contributed by atoms with van der Waals surface area (Å²) in [7, 11) is 0. The van der Waals surface area contributed by atoms with Gasteiger partial charge in [-0.25, -0.2) is 0 Å². The summed E-state index contributed by atoms with van der Waals surface area (Å²) in [6.07, 6.45) is 0. The van der Waals surface area contributed by atoms with Crippen molar-refractivity contribution >= 4 is 15.9 Å². The number of rotatable bonds is 3. The van der Waals surface area contributed by atoms with Crippen molar-refractivity contribution < 1.29 is 10.0 Å². The number of benzene rings is 1. The largest absolute Gasteiger partial charge is 0.389 e. The van der Waals surface area contributed by atoms with Crippen molar-refractivity contribution in [3.8, 4) is 0 Å². The van der Waals surface area contributed by atoms with E-state index in [-0.39, 0.29) is 0 Å². The van der Waals surface area contributed by atoms with Gasteiger partial charge in [0.1, 0.15) is 6.61 Å². The van der Waals surface area contributed by atoms with Crippen LogP contribution in [0.5, 0.6) is 0 Å². The van der Waals surface area contributed by atoms with Gasteiger partial charge in [-0.05, 0) is 6.07 Å². The third-order valence-electron chi connectivity index (χ3n) is 1.69. The summed E-state index contributed by atoms with van der Waals surface area (Å²) >= 11 is 3.19. The molecule has 0 amide bonds. The Kier molecular flexibility index (Phi) is 3.39. The molecule has 4 nitrogen and oxygen atoms in total. The highest BCUT2D eigenvalue weighted by molar-refractivity contribution is 9.10. The van der Waals surface area contributed by atoms with Crippen LogP contribution in [0.3, 0.4) is 0 Å². The Morgan fingerprint density at radius 1 is 1.54 bits per heavy atom. The van der Waals surface area contributed by atoms with E-state index in [0.29, 0.717) is 10.0 Å². The molecule has 1 atom stereocenters. The summed E-state index contributed by atoms with van der Waals surface area (Å²) in [5, 5.41) is 19.3. The van der Waals surface area contributed by atoms with Gasteiger partial charge in [-0.15, -0.1) is 0 Å². The Bertz CT molecular complexity index is 316. The number of nitro groups is 1. The van der Waals surface area contributed by atoms with Crippen LogP contribution in [-0.4, -0.2) is 16.6 Å². The van der Waals surface area contributed by atoms with Gasteiger partial charge in [0, 0.05) is 15.0 Å². The molecule has 0 radical (unpaired) electrons. The van der Waals surface area contributed by atoms with Crippen LogP contribution in [0.25, 0.3) is 0 Å². The monoisotopic (exact) mass is 245 g/mol. The first-order chi connectivity index (χ1) is 6.16. The van der Waals surface area contributed by atoms with E-state index in [1.54, 1.807) is 24.3 Å². The zero-order valence-corrected chi connectivity index (χ0v) is 8.27. The molecule has 0 saturated heterocycles. The van der Waals surface area contributed by atoms with Crippen LogP contribution in [0.2, 0.25) is 0 Å². The lowest BCUT2D eigenvalue weighted by Crippen LogP contribution is -2.14. The molecular weight excluding hydrogens is 238 g/mol. The first kappa shape index (κ1) is 10.1. The molecule has 1 aromatic rings. The predicted octanol–water partition coefficient (Wildman–Crippen LogP) is 1.76. The summed E-state index contributed by atoms with van der Waals surface area (Å²) < 4.78 is 0.644. The van der Waals surface area contributed by atoms with E-state index >= 15 is 0 Å². The van der Waals surface area contributed by atoms with Gasteiger partial charge in [-0.2, -0.15) is 0 Å². The molecular formula is C8H8BrNO3. The van der Waals surface area contributed by atoms with Gasteiger partial charge in [0.05, 0.1) is 0 Å². The fourth-order valence-electron chi connectivity index (χ4n) is 1.02. The Labute approximate surface area is 83.5 Å². The lowest BCUT2D eigenvalue weighted by atomic mass is 10.1. The van der Waals surface area contributed by atoms with Crippen LogP contribution < -0.4 is 0 Å². The molecule has 70 valence electrons. The normalized spacial score (nSPS) is 12.5. The molecule has 0 aliphatic heterocycles. The van der Waals surface area contributed by atoms with E-state index in [9.17, 15) is 10.1 Å². The highest BCUT2D eigenvalue weighted by Crippen LogP contribution is 2.24. The van der Waals surface area contributed by atoms with Crippen LogP contribution in [0, 0.1) is 10.1 Å². The summed E-state index contributed by atoms with van der Waals surface area (Å²) in [5.74, 6) is 0. The molecule has 0 saturated carbocycles. The fourth-order valence-corrected chi connectivity index (χ4v) is 1.57. The molecule has 0 fully saturated rings. The van der Waals surface area contributed by atoms with Crippen LogP contribution in [0.1, 0.15) is 11.6 Å². The minimum atomic E-state index is -1.05. The Hall–Kier alpha value is -0.940. The molecule has 0 aliphatic rings. The average molecular weight is 246 g/mol. The number of hydrogen-bond acceptors (Lipinski definition) is 3. The van der Waals surface area contributed by atoms with Gasteiger partial charge in [0.25, 0.3) is 6.04 Å². The minimum Gasteiger partial charge on any atom is -0.389 e. The van der Waals surface area contributed by atoms with Crippen LogP contribution in [-0.2, 0) is 0 Å². The number of hydrogen-bond donors (Lipinski definition) is 1. The van der Waals surface area contributed by atoms with Gasteiger partial charge < -0.3 is 5.11 Å². The van der Waals surface area contributed by atoms with Crippen molar-refractivity contribution in [2.75, 3.05) is 6.61 Å². The SMILES string of the molecule is O=[N+]([O-])C(CO)c1ccccc1Br. The Balaban J connectivity index is 3.04. The third-order valence-corrected chi connectivity index (χ3v) is 2.41. The highest BCUT2D eigenvalue weighted by atomic mass is 79.9. The maximum atomic E-state index is 10.5. The zero-order valence-electron chi connectivity index (χ0n) is 6.68. The molecule has 1 aromatic carbocycles. The average Bonchev–Trinajstić information content (AvgIpc) is 2.09. The molecule has 0 bridgehead atoms. The number of halogens is 1. The van der Waals surface area contributed by atoms with Gasteiger partial charge >= 0.3 is 0 Å². The molecule has 13 heavy (non-hydrogen) atoms. The van der Waals surface area contributed by atoms with E-state index < -0.39 is 17.6 Å². The van der Waals surface area contributed by atoms with Crippen molar-refractivity contribution in [3.05, 3.63) is 44.4 Å². The summed E-state index contributed by atoms with van der Waals surface area (Å²) in [4.78, 5) is 10.0. The van der Waals surface area contributed by atoms with Crippen molar-refractivity contribution in [1.29, 1.82) is 0 Å². The van der Waals surface area contributed by atoms with E-state index in [1.807, 2.05) is 0 Å². The Morgan fingerprint density at radius 3 is 2.62 bits per heavy atom. The van der Waals surface area contributed by atoms with E-state index in [1.165, 1.54) is 0 Å². The second-order valence-corrected chi connectivity index (χ2v) is 3.36. The number of aliphatic hydroxyl groups is 1. The topological polar surface area (TPSA) is 63.4 Å². The molecule has 5 heteroatoms. The quantitative estimate of drug-likeness (QED) is 0.652. The summed E-state index contributed by atoms with van der Waals surface area (Å²) in [5.41, 5.74) is 0.495. The first-order valence-corrected chi connectivity index (χ1v) is 4.45. The maximum absolute atomic E-state index is 10.5. The van der Waals surface area contributed by atoms with Gasteiger partial charge in [0.2, 0.25) is 0 Å². The van der Waals surface area contributed by atoms with Crippen molar-refractivity contribution in [3.63, 3.8) is 0 Å². The van der Waals surface area contributed by atoms with E-state index in [2.05, 4.69) is 15.9 Å². The van der Waals surface area contributed by atoms with Crippen LogP contribution in [0.15, 0.2) is 28.7 Å². The van der Waals surface area contributed by atoms with Gasteiger partial charge in [-0.3, -0.25) is 10.1 Å². The van der Waals surface area contributed by atoms with E-state index in [4.69, 9.17) is 5.11 Å². The van der Waals surface area contributed by atoms with Crippen molar-refractivity contribution in [1.82, 2.24) is 0 Å². The molecule has 0 heterocycles.